The molecule has 1 fully saturated rings. The molecule has 0 aromatic carbocycles. The van der Waals surface area contributed by atoms with Crippen molar-refractivity contribution >= 4 is 18.3 Å². The zero-order valence-electron chi connectivity index (χ0n) is 12.3. The van der Waals surface area contributed by atoms with E-state index in [4.69, 9.17) is 0 Å². The lowest BCUT2D eigenvalue weighted by molar-refractivity contribution is -0.132. The first-order chi connectivity index (χ1) is 7.90. The van der Waals surface area contributed by atoms with Crippen molar-refractivity contribution < 1.29 is 4.79 Å². The second kappa shape index (κ2) is 8.00. The van der Waals surface area contributed by atoms with Gasteiger partial charge in [0.2, 0.25) is 5.91 Å². The molecule has 0 radical (unpaired) electrons. The molecule has 1 atom stereocenters. The molecule has 0 aromatic rings. The molecule has 1 saturated heterocycles. The van der Waals surface area contributed by atoms with Crippen molar-refractivity contribution in [2.75, 3.05) is 20.1 Å². The van der Waals surface area contributed by atoms with Gasteiger partial charge in [-0.1, -0.05) is 20.8 Å². The lowest BCUT2D eigenvalue weighted by atomic mass is 9.90. The SMILES string of the molecule is CN(C(=O)CCC(C)(C)C)C1CCCNCC1.Cl. The van der Waals surface area contributed by atoms with Crippen LogP contribution in [0.5, 0.6) is 0 Å². The fraction of sp³-hybridized carbons (Fsp3) is 0.929. The van der Waals surface area contributed by atoms with E-state index in [1.54, 1.807) is 0 Å². The van der Waals surface area contributed by atoms with Crippen LogP contribution in [0, 0.1) is 5.41 Å². The van der Waals surface area contributed by atoms with Crippen molar-refractivity contribution in [2.24, 2.45) is 5.41 Å². The van der Waals surface area contributed by atoms with Gasteiger partial charge < -0.3 is 10.2 Å². The minimum atomic E-state index is 0. The first-order valence-electron chi connectivity index (χ1n) is 6.86. The van der Waals surface area contributed by atoms with Crippen LogP contribution in [-0.2, 0) is 4.79 Å². The van der Waals surface area contributed by atoms with Crippen molar-refractivity contribution in [2.45, 2.75) is 58.9 Å². The van der Waals surface area contributed by atoms with Crippen LogP contribution in [0.3, 0.4) is 0 Å². The number of hydrogen-bond donors (Lipinski definition) is 1. The minimum Gasteiger partial charge on any atom is -0.343 e. The Kier molecular flexibility index (Phi) is 7.88. The summed E-state index contributed by atoms with van der Waals surface area (Å²) in [6, 6.07) is 0.442. The topological polar surface area (TPSA) is 32.3 Å². The third-order valence-corrected chi connectivity index (χ3v) is 3.58. The van der Waals surface area contributed by atoms with Crippen molar-refractivity contribution in [1.82, 2.24) is 10.2 Å². The molecular formula is C14H29ClN2O. The largest absolute Gasteiger partial charge is 0.343 e. The number of hydrogen-bond acceptors (Lipinski definition) is 2. The molecule has 0 saturated carbocycles. The molecule has 0 bridgehead atoms. The van der Waals surface area contributed by atoms with E-state index in [0.29, 0.717) is 18.4 Å². The van der Waals surface area contributed by atoms with Gasteiger partial charge in [0.1, 0.15) is 0 Å². The van der Waals surface area contributed by atoms with Crippen LogP contribution in [0.1, 0.15) is 52.9 Å². The summed E-state index contributed by atoms with van der Waals surface area (Å²) in [5, 5.41) is 3.39. The number of halogens is 1. The Morgan fingerprint density at radius 2 is 1.94 bits per heavy atom. The molecule has 1 amide bonds. The van der Waals surface area contributed by atoms with Gasteiger partial charge in [-0.2, -0.15) is 0 Å². The normalized spacial score (nSPS) is 20.8. The summed E-state index contributed by atoms with van der Waals surface area (Å²) in [6.45, 7) is 8.71. The Hall–Kier alpha value is -0.280. The van der Waals surface area contributed by atoms with Crippen LogP contribution in [0.4, 0.5) is 0 Å². The molecule has 3 nitrogen and oxygen atoms in total. The minimum absolute atomic E-state index is 0. The Balaban J connectivity index is 0.00000289. The molecule has 4 heteroatoms. The summed E-state index contributed by atoms with van der Waals surface area (Å²) in [6.07, 6.45) is 5.08. The van der Waals surface area contributed by atoms with Crippen molar-refractivity contribution in [3.8, 4) is 0 Å². The molecule has 0 aromatic heterocycles. The van der Waals surface area contributed by atoms with Crippen LogP contribution < -0.4 is 5.32 Å². The van der Waals surface area contributed by atoms with Crippen molar-refractivity contribution in [1.29, 1.82) is 0 Å². The average molecular weight is 277 g/mol. The molecule has 18 heavy (non-hydrogen) atoms. The van der Waals surface area contributed by atoms with Gasteiger partial charge in [-0.05, 0) is 44.2 Å². The van der Waals surface area contributed by atoms with E-state index < -0.39 is 0 Å². The quantitative estimate of drug-likeness (QED) is 0.860. The van der Waals surface area contributed by atoms with E-state index in [-0.39, 0.29) is 17.8 Å². The zero-order chi connectivity index (χ0) is 12.9. The number of nitrogens with zero attached hydrogens (tertiary/aromatic N) is 1. The predicted molar refractivity (Wildman–Crippen MR) is 79.2 cm³/mol. The monoisotopic (exact) mass is 276 g/mol. The van der Waals surface area contributed by atoms with E-state index in [1.165, 1.54) is 6.42 Å². The Morgan fingerprint density at radius 1 is 1.28 bits per heavy atom. The highest BCUT2D eigenvalue weighted by Crippen LogP contribution is 2.22. The maximum atomic E-state index is 12.1. The summed E-state index contributed by atoms with van der Waals surface area (Å²) < 4.78 is 0. The zero-order valence-corrected chi connectivity index (χ0v) is 13.1. The second-order valence-corrected chi connectivity index (χ2v) is 6.40. The molecule has 108 valence electrons. The third-order valence-electron chi connectivity index (χ3n) is 3.58. The highest BCUT2D eigenvalue weighted by Gasteiger charge is 2.22. The van der Waals surface area contributed by atoms with E-state index in [9.17, 15) is 4.79 Å². The Morgan fingerprint density at radius 3 is 2.56 bits per heavy atom. The highest BCUT2D eigenvalue weighted by molar-refractivity contribution is 5.85. The number of amides is 1. The molecule has 1 aliphatic heterocycles. The van der Waals surface area contributed by atoms with E-state index in [0.717, 1.165) is 32.4 Å². The Bertz CT molecular complexity index is 243. The summed E-state index contributed by atoms with van der Waals surface area (Å²) >= 11 is 0. The third kappa shape index (κ3) is 6.60. The molecule has 1 unspecified atom stereocenters. The molecule has 1 heterocycles. The van der Waals surface area contributed by atoms with Gasteiger partial charge in [0, 0.05) is 19.5 Å². The lowest BCUT2D eigenvalue weighted by Gasteiger charge is -2.28. The first kappa shape index (κ1) is 17.7. The number of carbonyl (C=O) groups is 1. The molecule has 1 N–H and O–H groups in total. The fourth-order valence-electron chi connectivity index (χ4n) is 2.25. The van der Waals surface area contributed by atoms with E-state index in [1.807, 2.05) is 11.9 Å². The van der Waals surface area contributed by atoms with E-state index in [2.05, 4.69) is 26.1 Å². The van der Waals surface area contributed by atoms with Gasteiger partial charge in [0.15, 0.2) is 0 Å². The standard InChI is InChI=1S/C14H28N2O.ClH/c1-14(2,3)9-7-13(17)16(4)12-6-5-10-15-11-8-12;/h12,15H,5-11H2,1-4H3;1H. The van der Waals surface area contributed by atoms with Crippen molar-refractivity contribution in [3.63, 3.8) is 0 Å². The van der Waals surface area contributed by atoms with Crippen LogP contribution in [0.15, 0.2) is 0 Å². The smallest absolute Gasteiger partial charge is 0.222 e. The van der Waals surface area contributed by atoms with Crippen LogP contribution in [0.25, 0.3) is 0 Å². The molecular weight excluding hydrogens is 248 g/mol. The summed E-state index contributed by atoms with van der Waals surface area (Å²) in [5.74, 6) is 0.312. The van der Waals surface area contributed by atoms with Crippen LogP contribution in [-0.4, -0.2) is 37.0 Å². The number of carbonyl (C=O) groups excluding carboxylic acids is 1. The summed E-state index contributed by atoms with van der Waals surface area (Å²) in [5.41, 5.74) is 0.251. The predicted octanol–water partition coefficient (Wildman–Crippen LogP) is 2.84. The summed E-state index contributed by atoms with van der Waals surface area (Å²) in [4.78, 5) is 14.1. The number of rotatable bonds is 3. The average Bonchev–Trinajstić information content (AvgIpc) is 2.52. The van der Waals surface area contributed by atoms with Gasteiger partial charge in [0.25, 0.3) is 0 Å². The van der Waals surface area contributed by atoms with Gasteiger partial charge >= 0.3 is 0 Å². The highest BCUT2D eigenvalue weighted by atomic mass is 35.5. The van der Waals surface area contributed by atoms with Gasteiger partial charge in [-0.15, -0.1) is 12.4 Å². The van der Waals surface area contributed by atoms with E-state index >= 15 is 0 Å². The van der Waals surface area contributed by atoms with Crippen molar-refractivity contribution in [3.05, 3.63) is 0 Å². The van der Waals surface area contributed by atoms with Crippen LogP contribution >= 0.6 is 12.4 Å². The molecule has 1 aliphatic rings. The number of nitrogens with one attached hydrogen (secondary N) is 1. The van der Waals surface area contributed by atoms with Gasteiger partial charge in [-0.3, -0.25) is 4.79 Å². The summed E-state index contributed by atoms with van der Waals surface area (Å²) in [7, 11) is 1.97. The molecule has 0 aliphatic carbocycles. The molecule has 0 spiro atoms. The maximum absolute atomic E-state index is 12.1. The first-order valence-corrected chi connectivity index (χ1v) is 6.86. The molecule has 1 rings (SSSR count). The van der Waals surface area contributed by atoms with Gasteiger partial charge in [-0.25, -0.2) is 0 Å². The second-order valence-electron chi connectivity index (χ2n) is 6.40. The van der Waals surface area contributed by atoms with Crippen LogP contribution in [0.2, 0.25) is 0 Å². The fourth-order valence-corrected chi connectivity index (χ4v) is 2.25. The lowest BCUT2D eigenvalue weighted by Crippen LogP contribution is -2.37. The Labute approximate surface area is 118 Å². The van der Waals surface area contributed by atoms with Gasteiger partial charge in [0.05, 0.1) is 0 Å². The maximum Gasteiger partial charge on any atom is 0.222 e.